The van der Waals surface area contributed by atoms with Crippen LogP contribution in [0.1, 0.15) is 6.92 Å². The average molecular weight is 628 g/mol. The molecule has 0 bridgehead atoms. The number of benzene rings is 2. The average Bonchev–Trinajstić information content (AvgIpc) is 2.58. The van der Waals surface area contributed by atoms with E-state index in [1.54, 1.807) is 6.92 Å². The molecule has 2 rings (SSSR count). The third-order valence-electron chi connectivity index (χ3n) is 3.41. The normalized spacial score (nSPS) is 11.8. The van der Waals surface area contributed by atoms with E-state index in [0.29, 0.717) is 5.75 Å². The number of halogens is 4. The number of ether oxygens (including phenoxy) is 2. The van der Waals surface area contributed by atoms with Gasteiger partial charge in [0, 0.05) is 24.6 Å². The molecule has 2 aromatic carbocycles. The van der Waals surface area contributed by atoms with Crippen LogP contribution in [0.3, 0.4) is 0 Å². The molecule has 0 aliphatic heterocycles. The van der Waals surface area contributed by atoms with Gasteiger partial charge in [-0.2, -0.15) is 0 Å². The van der Waals surface area contributed by atoms with Crippen molar-refractivity contribution in [2.75, 3.05) is 13.2 Å². The first-order valence-corrected chi connectivity index (χ1v) is 10.9. The standard InChI is InChI=1S/C19H16Br4O4/c1-10(2)19(25)27-9-13(24)8-26-18-15(5-12(21)7-17(18)23)14-4-3-11(20)6-16(14)22/h3-7,13,24H,1,8-9H2,2H3. The SMILES string of the molecule is C=C(C)C(=O)OCC(O)COc1c(Br)cc(Br)cc1-c1ccc(Br)cc1Br. The van der Waals surface area contributed by atoms with Crippen LogP contribution in [0.15, 0.2) is 60.4 Å². The number of aliphatic hydroxyl groups excluding tert-OH is 1. The van der Waals surface area contributed by atoms with Crippen molar-refractivity contribution in [1.29, 1.82) is 0 Å². The molecule has 0 saturated carbocycles. The summed E-state index contributed by atoms with van der Waals surface area (Å²) in [5.41, 5.74) is 2.04. The Morgan fingerprint density at radius 3 is 2.33 bits per heavy atom. The van der Waals surface area contributed by atoms with Gasteiger partial charge in [0.05, 0.1) is 4.47 Å². The van der Waals surface area contributed by atoms with Crippen LogP contribution in [0.5, 0.6) is 5.75 Å². The molecule has 0 aliphatic carbocycles. The molecular formula is C19H16Br4O4. The molecule has 0 radical (unpaired) electrons. The highest BCUT2D eigenvalue weighted by Crippen LogP contribution is 2.42. The van der Waals surface area contributed by atoms with E-state index in [4.69, 9.17) is 9.47 Å². The number of carbonyl (C=O) groups excluding carboxylic acids is 1. The Morgan fingerprint density at radius 2 is 1.70 bits per heavy atom. The van der Waals surface area contributed by atoms with Crippen LogP contribution in [0.4, 0.5) is 0 Å². The molecular weight excluding hydrogens is 612 g/mol. The molecule has 0 aromatic heterocycles. The molecule has 1 atom stereocenters. The molecule has 0 aliphatic rings. The number of carbonyl (C=O) groups is 1. The van der Waals surface area contributed by atoms with Gasteiger partial charge < -0.3 is 14.6 Å². The minimum Gasteiger partial charge on any atom is -0.489 e. The number of hydrogen-bond donors (Lipinski definition) is 1. The van der Waals surface area contributed by atoms with Gasteiger partial charge in [-0.15, -0.1) is 0 Å². The van der Waals surface area contributed by atoms with Crippen molar-refractivity contribution in [2.24, 2.45) is 0 Å². The molecule has 8 heteroatoms. The van der Waals surface area contributed by atoms with Gasteiger partial charge in [-0.25, -0.2) is 4.79 Å². The van der Waals surface area contributed by atoms with E-state index >= 15 is 0 Å². The zero-order valence-corrected chi connectivity index (χ0v) is 20.6. The monoisotopic (exact) mass is 624 g/mol. The van der Waals surface area contributed by atoms with Crippen molar-refractivity contribution < 1.29 is 19.4 Å². The Morgan fingerprint density at radius 1 is 1.04 bits per heavy atom. The van der Waals surface area contributed by atoms with E-state index in [2.05, 4.69) is 70.3 Å². The fraction of sp³-hybridized carbons (Fsp3) is 0.211. The summed E-state index contributed by atoms with van der Waals surface area (Å²) in [7, 11) is 0. The number of hydrogen-bond acceptors (Lipinski definition) is 4. The maximum Gasteiger partial charge on any atom is 0.333 e. The van der Waals surface area contributed by atoms with Gasteiger partial charge in [0.2, 0.25) is 0 Å². The summed E-state index contributed by atoms with van der Waals surface area (Å²) in [6.07, 6.45) is -0.968. The molecule has 144 valence electrons. The van der Waals surface area contributed by atoms with Crippen LogP contribution >= 0.6 is 63.7 Å². The van der Waals surface area contributed by atoms with Crippen LogP contribution in [0.2, 0.25) is 0 Å². The van der Waals surface area contributed by atoms with Gasteiger partial charge >= 0.3 is 5.97 Å². The van der Waals surface area contributed by atoms with Gasteiger partial charge in [0.15, 0.2) is 0 Å². The third kappa shape index (κ3) is 6.42. The van der Waals surface area contributed by atoms with E-state index in [-0.39, 0.29) is 18.8 Å². The summed E-state index contributed by atoms with van der Waals surface area (Å²) in [6.45, 7) is 4.84. The van der Waals surface area contributed by atoms with E-state index in [1.165, 1.54) is 0 Å². The fourth-order valence-corrected chi connectivity index (χ4v) is 4.74. The Balaban J connectivity index is 2.21. The summed E-state index contributed by atoms with van der Waals surface area (Å²) >= 11 is 14.0. The van der Waals surface area contributed by atoms with Crippen LogP contribution in [-0.4, -0.2) is 30.4 Å². The lowest BCUT2D eigenvalue weighted by molar-refractivity contribution is -0.142. The summed E-state index contributed by atoms with van der Waals surface area (Å²) < 4.78 is 14.2. The highest BCUT2D eigenvalue weighted by Gasteiger charge is 2.17. The summed E-state index contributed by atoms with van der Waals surface area (Å²) in [5.74, 6) is 0.0323. The molecule has 27 heavy (non-hydrogen) atoms. The van der Waals surface area contributed by atoms with Crippen LogP contribution in [0.25, 0.3) is 11.1 Å². The first-order chi connectivity index (χ1) is 12.7. The zero-order valence-electron chi connectivity index (χ0n) is 14.3. The molecule has 0 fully saturated rings. The number of rotatable bonds is 7. The highest BCUT2D eigenvalue weighted by atomic mass is 79.9. The molecule has 0 spiro atoms. The van der Waals surface area contributed by atoms with Gasteiger partial charge in [0.1, 0.15) is 25.1 Å². The summed E-state index contributed by atoms with van der Waals surface area (Å²) in [5, 5.41) is 10.1. The summed E-state index contributed by atoms with van der Waals surface area (Å²) in [6, 6.07) is 9.63. The molecule has 4 nitrogen and oxygen atoms in total. The van der Waals surface area contributed by atoms with Crippen molar-refractivity contribution in [3.05, 3.63) is 60.4 Å². The highest BCUT2D eigenvalue weighted by molar-refractivity contribution is 9.11. The first-order valence-electron chi connectivity index (χ1n) is 7.77. The fourth-order valence-electron chi connectivity index (χ4n) is 2.14. The van der Waals surface area contributed by atoms with E-state index < -0.39 is 12.1 Å². The maximum atomic E-state index is 11.4. The molecule has 1 N–H and O–H groups in total. The minimum absolute atomic E-state index is 0.0369. The number of aliphatic hydroxyl groups is 1. The van der Waals surface area contributed by atoms with E-state index in [0.717, 1.165) is 29.0 Å². The molecule has 0 amide bonds. The van der Waals surface area contributed by atoms with E-state index in [1.807, 2.05) is 30.3 Å². The Kier molecular flexibility index (Phi) is 8.55. The van der Waals surface area contributed by atoms with E-state index in [9.17, 15) is 9.90 Å². The third-order valence-corrected chi connectivity index (χ3v) is 5.60. The minimum atomic E-state index is -0.968. The second-order valence-corrected chi connectivity index (χ2v) is 9.27. The van der Waals surface area contributed by atoms with Crippen molar-refractivity contribution in [2.45, 2.75) is 13.0 Å². The maximum absolute atomic E-state index is 11.4. The predicted molar refractivity (Wildman–Crippen MR) is 120 cm³/mol. The summed E-state index contributed by atoms with van der Waals surface area (Å²) in [4.78, 5) is 11.4. The van der Waals surface area contributed by atoms with Crippen molar-refractivity contribution in [1.82, 2.24) is 0 Å². The predicted octanol–water partition coefficient (Wildman–Crippen LogP) is 6.26. The topological polar surface area (TPSA) is 55.8 Å². The molecule has 0 saturated heterocycles. The Labute approximate surface area is 191 Å². The molecule has 0 heterocycles. The lowest BCUT2D eigenvalue weighted by Gasteiger charge is -2.18. The van der Waals surface area contributed by atoms with Crippen LogP contribution in [0, 0.1) is 0 Å². The van der Waals surface area contributed by atoms with Crippen molar-refractivity contribution in [3.63, 3.8) is 0 Å². The lowest BCUT2D eigenvalue weighted by Crippen LogP contribution is -2.25. The zero-order chi connectivity index (χ0) is 20.1. The second kappa shape index (κ2) is 10.2. The Bertz CT molecular complexity index is 867. The van der Waals surface area contributed by atoms with Gasteiger partial charge in [-0.1, -0.05) is 60.4 Å². The second-order valence-electron chi connectivity index (χ2n) is 5.73. The smallest absolute Gasteiger partial charge is 0.333 e. The number of esters is 1. The largest absolute Gasteiger partial charge is 0.489 e. The van der Waals surface area contributed by atoms with Crippen LogP contribution in [-0.2, 0) is 9.53 Å². The Hall–Kier alpha value is -0.670. The van der Waals surface area contributed by atoms with Gasteiger partial charge in [0.25, 0.3) is 0 Å². The van der Waals surface area contributed by atoms with Crippen molar-refractivity contribution in [3.8, 4) is 16.9 Å². The molecule has 2 aromatic rings. The first kappa shape index (κ1) is 22.6. The molecule has 1 unspecified atom stereocenters. The van der Waals surface area contributed by atoms with Crippen molar-refractivity contribution >= 4 is 69.7 Å². The van der Waals surface area contributed by atoms with Crippen LogP contribution < -0.4 is 4.74 Å². The quantitative estimate of drug-likeness (QED) is 0.291. The van der Waals surface area contributed by atoms with Gasteiger partial charge in [-0.3, -0.25) is 0 Å². The lowest BCUT2D eigenvalue weighted by atomic mass is 10.0. The van der Waals surface area contributed by atoms with Gasteiger partial charge in [-0.05, 0) is 52.7 Å².